The zero-order chi connectivity index (χ0) is 21.7. The molecule has 2 N–H and O–H groups in total. The standard InChI is InChI=1S/C22H24ClN5O3/c1-3-16-20(23)12(2)25-21-14-10-27(11-15(14)26-28(16)21)22(30)13-6-4-5-7-18(13)31-19-9-24-8-17(19)29/h4-7,17,19,24,29H,3,8-11H2,1-2H3/t17-,19-/m0/s1. The molecule has 1 amide bonds. The minimum absolute atomic E-state index is 0.131. The Bertz CT molecular complexity index is 1180. The SMILES string of the molecule is CCc1c(Cl)c(C)nc2c3c(nn12)CN(C(=O)c1ccccc1O[C@H]1CNC[C@@H]1O)C3. The maximum absolute atomic E-state index is 13.4. The number of nitrogens with zero attached hydrogens (tertiary/aromatic N) is 4. The second-order valence-corrected chi connectivity index (χ2v) is 8.39. The molecular weight excluding hydrogens is 418 g/mol. The molecular formula is C22H24ClN5O3. The van der Waals surface area contributed by atoms with Crippen LogP contribution in [0.1, 0.15) is 39.9 Å². The molecule has 162 valence electrons. The average Bonchev–Trinajstić information content (AvgIpc) is 3.45. The van der Waals surface area contributed by atoms with E-state index in [1.165, 1.54) is 0 Å². The number of aliphatic hydroxyl groups is 1. The highest BCUT2D eigenvalue weighted by atomic mass is 35.5. The van der Waals surface area contributed by atoms with Crippen LogP contribution in [-0.4, -0.2) is 55.8 Å². The minimum Gasteiger partial charge on any atom is -0.486 e. The molecule has 0 bridgehead atoms. The summed E-state index contributed by atoms with van der Waals surface area (Å²) in [5.41, 5.74) is 4.72. The van der Waals surface area contributed by atoms with Gasteiger partial charge in [-0.05, 0) is 25.5 Å². The number of amides is 1. The summed E-state index contributed by atoms with van der Waals surface area (Å²) in [6.45, 7) is 5.78. The molecule has 0 radical (unpaired) electrons. The molecule has 31 heavy (non-hydrogen) atoms. The number of aliphatic hydroxyl groups excluding tert-OH is 1. The van der Waals surface area contributed by atoms with Gasteiger partial charge in [0, 0.05) is 18.7 Å². The van der Waals surface area contributed by atoms with Gasteiger partial charge in [0.15, 0.2) is 5.65 Å². The van der Waals surface area contributed by atoms with E-state index in [0.717, 1.165) is 34.7 Å². The number of aryl methyl sites for hydroxylation is 2. The van der Waals surface area contributed by atoms with Crippen LogP contribution in [0.3, 0.4) is 0 Å². The highest BCUT2D eigenvalue weighted by Crippen LogP contribution is 2.32. The van der Waals surface area contributed by atoms with E-state index in [0.29, 0.717) is 42.5 Å². The third kappa shape index (κ3) is 3.35. The van der Waals surface area contributed by atoms with Crippen LogP contribution in [0.15, 0.2) is 24.3 Å². The van der Waals surface area contributed by atoms with Crippen molar-refractivity contribution in [3.8, 4) is 5.75 Å². The van der Waals surface area contributed by atoms with Crippen molar-refractivity contribution in [1.29, 1.82) is 0 Å². The van der Waals surface area contributed by atoms with E-state index >= 15 is 0 Å². The molecule has 2 atom stereocenters. The Kier molecular flexibility index (Phi) is 5.08. The Balaban J connectivity index is 1.43. The zero-order valence-electron chi connectivity index (χ0n) is 17.4. The Morgan fingerprint density at radius 3 is 2.87 bits per heavy atom. The summed E-state index contributed by atoms with van der Waals surface area (Å²) in [7, 11) is 0. The van der Waals surface area contributed by atoms with E-state index < -0.39 is 6.10 Å². The number of benzene rings is 1. The topological polar surface area (TPSA) is 92.0 Å². The van der Waals surface area contributed by atoms with Crippen LogP contribution in [0.5, 0.6) is 5.75 Å². The van der Waals surface area contributed by atoms with E-state index in [1.807, 2.05) is 30.5 Å². The zero-order valence-corrected chi connectivity index (χ0v) is 18.2. The smallest absolute Gasteiger partial charge is 0.258 e. The lowest BCUT2D eigenvalue weighted by atomic mass is 10.1. The van der Waals surface area contributed by atoms with Crippen LogP contribution in [0.2, 0.25) is 5.02 Å². The number of halogens is 1. The van der Waals surface area contributed by atoms with Crippen LogP contribution >= 0.6 is 11.6 Å². The van der Waals surface area contributed by atoms with Crippen LogP contribution in [0.25, 0.3) is 5.65 Å². The first-order valence-electron chi connectivity index (χ1n) is 10.5. The van der Waals surface area contributed by atoms with E-state index in [1.54, 1.807) is 17.0 Å². The van der Waals surface area contributed by atoms with Crippen molar-refractivity contribution >= 4 is 23.2 Å². The molecule has 2 aliphatic heterocycles. The van der Waals surface area contributed by atoms with Gasteiger partial charge in [0.1, 0.15) is 18.0 Å². The van der Waals surface area contributed by atoms with E-state index in [-0.39, 0.29) is 12.0 Å². The van der Waals surface area contributed by atoms with Gasteiger partial charge in [0.25, 0.3) is 5.91 Å². The van der Waals surface area contributed by atoms with Gasteiger partial charge in [-0.3, -0.25) is 4.79 Å². The van der Waals surface area contributed by atoms with Crippen LogP contribution in [0.4, 0.5) is 0 Å². The number of carbonyl (C=O) groups is 1. The number of β-amino-alcohol motifs (C(OH)–C–C–N with tert-alkyl or cyclic N) is 1. The number of nitrogens with one attached hydrogen (secondary N) is 1. The molecule has 9 heteroatoms. The van der Waals surface area contributed by atoms with Crippen molar-refractivity contribution in [2.45, 2.75) is 45.6 Å². The lowest BCUT2D eigenvalue weighted by Crippen LogP contribution is -2.32. The van der Waals surface area contributed by atoms with Crippen LogP contribution in [-0.2, 0) is 19.5 Å². The summed E-state index contributed by atoms with van der Waals surface area (Å²) in [6.07, 6.45) is -0.228. The van der Waals surface area contributed by atoms with Crippen molar-refractivity contribution in [3.63, 3.8) is 0 Å². The molecule has 8 nitrogen and oxygen atoms in total. The van der Waals surface area contributed by atoms with Crippen molar-refractivity contribution in [2.75, 3.05) is 13.1 Å². The van der Waals surface area contributed by atoms with Crippen molar-refractivity contribution < 1.29 is 14.6 Å². The molecule has 1 fully saturated rings. The fourth-order valence-electron chi connectivity index (χ4n) is 4.30. The monoisotopic (exact) mass is 441 g/mol. The maximum atomic E-state index is 13.4. The highest BCUT2D eigenvalue weighted by molar-refractivity contribution is 6.31. The number of aromatic nitrogens is 3. The molecule has 0 unspecified atom stereocenters. The number of ether oxygens (including phenoxy) is 1. The first-order valence-corrected chi connectivity index (χ1v) is 10.8. The molecule has 0 aliphatic carbocycles. The molecule has 2 aliphatic rings. The normalized spacial score (nSPS) is 20.5. The first kappa shape index (κ1) is 20.2. The van der Waals surface area contributed by atoms with Gasteiger partial charge in [-0.25, -0.2) is 9.50 Å². The Morgan fingerprint density at radius 2 is 2.13 bits per heavy atom. The first-order chi connectivity index (χ1) is 15.0. The quantitative estimate of drug-likeness (QED) is 0.644. The number of carbonyl (C=O) groups excluding carboxylic acids is 1. The Hall–Kier alpha value is -2.68. The summed E-state index contributed by atoms with van der Waals surface area (Å²) >= 11 is 6.43. The lowest BCUT2D eigenvalue weighted by Gasteiger charge is -2.21. The predicted octanol–water partition coefficient (Wildman–Crippen LogP) is 2.12. The third-order valence-electron chi connectivity index (χ3n) is 5.98. The molecule has 1 aromatic carbocycles. The molecule has 0 spiro atoms. The molecule has 1 saturated heterocycles. The van der Waals surface area contributed by atoms with E-state index in [2.05, 4.69) is 10.3 Å². The van der Waals surface area contributed by atoms with Gasteiger partial charge >= 0.3 is 0 Å². The number of rotatable bonds is 4. The largest absolute Gasteiger partial charge is 0.486 e. The Labute approximate surface area is 184 Å². The molecule has 4 heterocycles. The summed E-state index contributed by atoms with van der Waals surface area (Å²) in [5.74, 6) is 0.349. The molecule has 2 aromatic heterocycles. The summed E-state index contributed by atoms with van der Waals surface area (Å²) in [4.78, 5) is 19.8. The van der Waals surface area contributed by atoms with Crippen LogP contribution < -0.4 is 10.1 Å². The average molecular weight is 442 g/mol. The number of hydrogen-bond donors (Lipinski definition) is 2. The van der Waals surface area contributed by atoms with Gasteiger partial charge in [-0.2, -0.15) is 5.10 Å². The van der Waals surface area contributed by atoms with E-state index in [4.69, 9.17) is 21.4 Å². The highest BCUT2D eigenvalue weighted by Gasteiger charge is 2.33. The summed E-state index contributed by atoms with van der Waals surface area (Å²) in [6, 6.07) is 7.17. The molecule has 0 saturated carbocycles. The second-order valence-electron chi connectivity index (χ2n) is 8.01. The fourth-order valence-corrected chi connectivity index (χ4v) is 4.56. The van der Waals surface area contributed by atoms with Gasteiger partial charge in [-0.15, -0.1) is 0 Å². The second kappa shape index (κ2) is 7.78. The Morgan fingerprint density at radius 1 is 1.32 bits per heavy atom. The lowest BCUT2D eigenvalue weighted by molar-refractivity contribution is 0.0668. The van der Waals surface area contributed by atoms with Gasteiger partial charge in [0.2, 0.25) is 0 Å². The molecule has 5 rings (SSSR count). The van der Waals surface area contributed by atoms with Crippen molar-refractivity contribution in [3.05, 3.63) is 57.5 Å². The van der Waals surface area contributed by atoms with E-state index in [9.17, 15) is 9.90 Å². The number of hydrogen-bond acceptors (Lipinski definition) is 6. The summed E-state index contributed by atoms with van der Waals surface area (Å²) in [5, 5.41) is 18.5. The third-order valence-corrected chi connectivity index (χ3v) is 6.47. The minimum atomic E-state index is -0.596. The number of para-hydroxylation sites is 1. The maximum Gasteiger partial charge on any atom is 0.258 e. The molecule has 3 aromatic rings. The summed E-state index contributed by atoms with van der Waals surface area (Å²) < 4.78 is 7.79. The van der Waals surface area contributed by atoms with Crippen molar-refractivity contribution in [2.24, 2.45) is 0 Å². The van der Waals surface area contributed by atoms with Gasteiger partial charge in [0.05, 0.1) is 40.8 Å². The van der Waals surface area contributed by atoms with Crippen LogP contribution in [0, 0.1) is 6.92 Å². The number of fused-ring (bicyclic) bond motifs is 3. The predicted molar refractivity (Wildman–Crippen MR) is 115 cm³/mol. The van der Waals surface area contributed by atoms with Gasteiger partial charge in [-0.1, -0.05) is 30.7 Å². The fraction of sp³-hybridized carbons (Fsp3) is 0.409. The van der Waals surface area contributed by atoms with Gasteiger partial charge < -0.3 is 20.1 Å². The van der Waals surface area contributed by atoms with Crippen molar-refractivity contribution in [1.82, 2.24) is 24.8 Å².